The average Bonchev–Trinajstić information content (AvgIpc) is 3.23. The summed E-state index contributed by atoms with van der Waals surface area (Å²) in [6.45, 7) is 2.67. The lowest BCUT2D eigenvalue weighted by Crippen LogP contribution is -2.19. The number of hydrogen-bond acceptors (Lipinski definition) is 5. The lowest BCUT2D eigenvalue weighted by atomic mass is 9.96. The van der Waals surface area contributed by atoms with Gasteiger partial charge in [-0.3, -0.25) is 0 Å². The van der Waals surface area contributed by atoms with Crippen molar-refractivity contribution in [2.45, 2.75) is 31.1 Å². The molecule has 0 aromatic heterocycles. The van der Waals surface area contributed by atoms with Gasteiger partial charge in [0.05, 0.1) is 25.1 Å². The van der Waals surface area contributed by atoms with Gasteiger partial charge in [0.1, 0.15) is 11.0 Å². The second-order valence-corrected chi connectivity index (χ2v) is 10.0. The van der Waals surface area contributed by atoms with Crippen LogP contribution < -0.4 is 0 Å². The molecular formula is C23H26O5S. The van der Waals surface area contributed by atoms with Crippen LogP contribution in [0.25, 0.3) is 16.8 Å². The van der Waals surface area contributed by atoms with E-state index >= 15 is 0 Å². The SMILES string of the molecule is COCC1=C2[C@@H](CC/C(C)=C/c3ccc(O)c4ccccc34)OC[C@@H]2S(=O)(=O)C1. The minimum atomic E-state index is -3.16. The Morgan fingerprint density at radius 1 is 1.24 bits per heavy atom. The van der Waals surface area contributed by atoms with Crippen molar-refractivity contribution in [1.82, 2.24) is 0 Å². The van der Waals surface area contributed by atoms with Crippen molar-refractivity contribution < 1.29 is 23.0 Å². The molecule has 0 bridgehead atoms. The molecule has 1 N–H and O–H groups in total. The smallest absolute Gasteiger partial charge is 0.163 e. The number of allylic oxidation sites excluding steroid dienone is 1. The number of methoxy groups -OCH3 is 1. The predicted octanol–water partition coefficient (Wildman–Crippen LogP) is 3.87. The van der Waals surface area contributed by atoms with Gasteiger partial charge in [-0.1, -0.05) is 42.0 Å². The lowest BCUT2D eigenvalue weighted by molar-refractivity contribution is 0.117. The first kappa shape index (κ1) is 20.1. The summed E-state index contributed by atoms with van der Waals surface area (Å²) in [7, 11) is -1.57. The molecule has 0 unspecified atom stereocenters. The Kier molecular flexibility index (Phi) is 5.51. The number of phenols is 1. The minimum Gasteiger partial charge on any atom is -0.507 e. The van der Waals surface area contributed by atoms with Crippen LogP contribution in [0.2, 0.25) is 0 Å². The second kappa shape index (κ2) is 7.94. The van der Waals surface area contributed by atoms with E-state index in [1.807, 2.05) is 30.3 Å². The Balaban J connectivity index is 1.53. The highest BCUT2D eigenvalue weighted by atomic mass is 32.2. The number of hydrogen-bond donors (Lipinski definition) is 1. The van der Waals surface area contributed by atoms with Crippen molar-refractivity contribution in [2.24, 2.45) is 0 Å². The first-order valence-electron chi connectivity index (χ1n) is 9.82. The fourth-order valence-corrected chi connectivity index (χ4v) is 6.36. The third-order valence-corrected chi connectivity index (χ3v) is 7.82. The van der Waals surface area contributed by atoms with Gasteiger partial charge in [-0.25, -0.2) is 8.42 Å². The van der Waals surface area contributed by atoms with Crippen molar-refractivity contribution in [3.63, 3.8) is 0 Å². The highest BCUT2D eigenvalue weighted by molar-refractivity contribution is 7.92. The van der Waals surface area contributed by atoms with E-state index in [0.29, 0.717) is 6.61 Å². The monoisotopic (exact) mass is 414 g/mol. The first-order valence-corrected chi connectivity index (χ1v) is 11.5. The van der Waals surface area contributed by atoms with Gasteiger partial charge in [0.2, 0.25) is 0 Å². The number of aromatic hydroxyl groups is 1. The molecule has 0 saturated carbocycles. The Morgan fingerprint density at radius 2 is 2.00 bits per heavy atom. The van der Waals surface area contributed by atoms with Gasteiger partial charge in [-0.15, -0.1) is 0 Å². The maximum atomic E-state index is 12.4. The zero-order valence-corrected chi connectivity index (χ0v) is 17.5. The highest BCUT2D eigenvalue weighted by Gasteiger charge is 2.46. The summed E-state index contributed by atoms with van der Waals surface area (Å²) in [5, 5.41) is 11.4. The van der Waals surface area contributed by atoms with Crippen LogP contribution in [0.4, 0.5) is 0 Å². The molecule has 2 aliphatic rings. The molecule has 2 aromatic rings. The highest BCUT2D eigenvalue weighted by Crippen LogP contribution is 2.38. The molecule has 1 saturated heterocycles. The van der Waals surface area contributed by atoms with Gasteiger partial charge < -0.3 is 14.6 Å². The number of ether oxygens (including phenoxy) is 2. The van der Waals surface area contributed by atoms with Gasteiger partial charge >= 0.3 is 0 Å². The number of benzene rings is 2. The van der Waals surface area contributed by atoms with Crippen LogP contribution in [0.5, 0.6) is 5.75 Å². The van der Waals surface area contributed by atoms with Crippen LogP contribution in [0, 0.1) is 0 Å². The van der Waals surface area contributed by atoms with E-state index in [9.17, 15) is 13.5 Å². The molecule has 2 heterocycles. The zero-order chi connectivity index (χ0) is 20.6. The third kappa shape index (κ3) is 3.84. The number of sulfone groups is 1. The summed E-state index contributed by atoms with van der Waals surface area (Å²) in [4.78, 5) is 0. The molecule has 0 amide bonds. The summed E-state index contributed by atoms with van der Waals surface area (Å²) in [6.07, 6.45) is 3.51. The van der Waals surface area contributed by atoms with Crippen molar-refractivity contribution in [3.05, 3.63) is 58.7 Å². The molecule has 2 aromatic carbocycles. The summed E-state index contributed by atoms with van der Waals surface area (Å²) < 4.78 is 35.9. The largest absolute Gasteiger partial charge is 0.507 e. The van der Waals surface area contributed by atoms with E-state index in [4.69, 9.17) is 9.47 Å². The van der Waals surface area contributed by atoms with Gasteiger partial charge in [-0.2, -0.15) is 0 Å². The standard InChI is InChI=1S/C23H26O5S/c1-15(11-16-8-9-20(24)19-6-4-3-5-18(16)19)7-10-21-23-17(12-27-2)14-29(25,26)22(23)13-28-21/h3-6,8-9,11,21-22,24H,7,10,12-14H2,1-2H3/b15-11+/t21-,22+/m1/s1. The normalized spacial score (nSPS) is 23.7. The van der Waals surface area contributed by atoms with E-state index in [-0.39, 0.29) is 24.2 Å². The van der Waals surface area contributed by atoms with Crippen molar-refractivity contribution in [3.8, 4) is 5.75 Å². The van der Waals surface area contributed by atoms with Gasteiger partial charge in [0.15, 0.2) is 9.84 Å². The Hall–Kier alpha value is -2.15. The van der Waals surface area contributed by atoms with Gasteiger partial charge in [-0.05, 0) is 47.9 Å². The zero-order valence-electron chi connectivity index (χ0n) is 16.7. The molecule has 2 aliphatic heterocycles. The summed E-state index contributed by atoms with van der Waals surface area (Å²) in [5.74, 6) is 0.371. The van der Waals surface area contributed by atoms with E-state index in [1.54, 1.807) is 13.2 Å². The molecule has 0 radical (unpaired) electrons. The molecular weight excluding hydrogens is 388 g/mol. The quantitative estimate of drug-likeness (QED) is 0.727. The number of phenolic OH excluding ortho intramolecular Hbond substituents is 1. The molecule has 5 nitrogen and oxygen atoms in total. The van der Waals surface area contributed by atoms with E-state index in [0.717, 1.165) is 40.3 Å². The van der Waals surface area contributed by atoms with Crippen LogP contribution in [-0.4, -0.2) is 51.0 Å². The minimum absolute atomic E-state index is 0.0923. The number of fused-ring (bicyclic) bond motifs is 2. The predicted molar refractivity (Wildman–Crippen MR) is 115 cm³/mol. The Morgan fingerprint density at radius 3 is 2.76 bits per heavy atom. The van der Waals surface area contributed by atoms with Crippen molar-refractivity contribution in [2.75, 3.05) is 26.1 Å². The van der Waals surface area contributed by atoms with Crippen LogP contribution >= 0.6 is 0 Å². The molecule has 154 valence electrons. The van der Waals surface area contributed by atoms with Crippen LogP contribution in [0.3, 0.4) is 0 Å². The molecule has 0 aliphatic carbocycles. The summed E-state index contributed by atoms with van der Waals surface area (Å²) >= 11 is 0. The lowest BCUT2D eigenvalue weighted by Gasteiger charge is -2.14. The third-order valence-electron chi connectivity index (χ3n) is 5.82. The van der Waals surface area contributed by atoms with Crippen LogP contribution in [0.15, 0.2) is 53.1 Å². The molecule has 0 spiro atoms. The average molecular weight is 415 g/mol. The summed E-state index contributed by atoms with van der Waals surface area (Å²) in [5.41, 5.74) is 4.03. The second-order valence-electron chi connectivity index (χ2n) is 7.86. The van der Waals surface area contributed by atoms with E-state index in [1.165, 1.54) is 5.57 Å². The molecule has 29 heavy (non-hydrogen) atoms. The summed E-state index contributed by atoms with van der Waals surface area (Å²) in [6, 6.07) is 11.4. The first-order chi connectivity index (χ1) is 13.9. The topological polar surface area (TPSA) is 72.8 Å². The Labute approximate surface area is 171 Å². The molecule has 2 atom stereocenters. The molecule has 1 fully saturated rings. The van der Waals surface area contributed by atoms with E-state index < -0.39 is 15.1 Å². The fourth-order valence-electron chi connectivity index (χ4n) is 4.44. The van der Waals surface area contributed by atoms with Crippen molar-refractivity contribution in [1.29, 1.82) is 0 Å². The Bertz CT molecular complexity index is 1100. The van der Waals surface area contributed by atoms with Crippen molar-refractivity contribution >= 4 is 26.7 Å². The molecule has 6 heteroatoms. The van der Waals surface area contributed by atoms with Gasteiger partial charge in [0, 0.05) is 12.5 Å². The fraction of sp³-hybridized carbons (Fsp3) is 0.391. The maximum Gasteiger partial charge on any atom is 0.163 e. The number of rotatable bonds is 6. The van der Waals surface area contributed by atoms with Gasteiger partial charge in [0.25, 0.3) is 0 Å². The van der Waals surface area contributed by atoms with Crippen LogP contribution in [0.1, 0.15) is 25.3 Å². The maximum absolute atomic E-state index is 12.4. The molecule has 4 rings (SSSR count). The van der Waals surface area contributed by atoms with Crippen LogP contribution in [-0.2, 0) is 19.3 Å². The van der Waals surface area contributed by atoms with E-state index in [2.05, 4.69) is 13.0 Å².